The van der Waals surface area contributed by atoms with Crippen molar-refractivity contribution in [2.45, 2.75) is 45.8 Å². The Bertz CT molecular complexity index is 1080. The number of fused-ring (bicyclic) bond motifs is 1. The number of nitrogens with zero attached hydrogens (tertiary/aromatic N) is 4. The third kappa shape index (κ3) is 4.25. The van der Waals surface area contributed by atoms with Gasteiger partial charge < -0.3 is 26.0 Å². The topological polar surface area (TPSA) is 120 Å². The largest absolute Gasteiger partial charge is 0.488 e. The minimum Gasteiger partial charge on any atom is -0.423 e. The molecule has 3 aromatic rings. The molecule has 0 fully saturated rings. The fourth-order valence-corrected chi connectivity index (χ4v) is 4.07. The molecule has 31 heavy (non-hydrogen) atoms. The van der Waals surface area contributed by atoms with Crippen molar-refractivity contribution in [1.29, 1.82) is 0 Å². The second-order valence-corrected chi connectivity index (χ2v) is 7.78. The summed E-state index contributed by atoms with van der Waals surface area (Å²) in [5.41, 5.74) is 11.6. The van der Waals surface area contributed by atoms with Gasteiger partial charge in [-0.25, -0.2) is 0 Å². The lowest BCUT2D eigenvalue weighted by Crippen LogP contribution is -2.30. The Kier molecular flexibility index (Phi) is 6.17. The highest BCUT2D eigenvalue weighted by atomic mass is 16.4. The van der Waals surface area contributed by atoms with Gasteiger partial charge in [0.25, 0.3) is 5.95 Å². The number of hydrogen-bond acceptors (Lipinski definition) is 8. The fraction of sp³-hybridized carbons (Fsp3) is 0.318. The molecule has 1 aliphatic rings. The third-order valence-corrected chi connectivity index (χ3v) is 5.67. The van der Waals surface area contributed by atoms with Crippen LogP contribution in [0.2, 0.25) is 0 Å². The minimum absolute atomic E-state index is 0.201. The first-order valence-corrected chi connectivity index (χ1v) is 10.5. The van der Waals surface area contributed by atoms with E-state index in [-0.39, 0.29) is 6.04 Å². The van der Waals surface area contributed by atoms with E-state index in [4.69, 9.17) is 10.7 Å². The van der Waals surface area contributed by atoms with E-state index in [1.807, 2.05) is 19.1 Å². The van der Waals surface area contributed by atoms with Crippen LogP contribution >= 0.6 is 0 Å². The van der Waals surface area contributed by atoms with Gasteiger partial charge in [0.2, 0.25) is 0 Å². The monoisotopic (exact) mass is 418 g/mol. The summed E-state index contributed by atoms with van der Waals surface area (Å²) in [4.78, 5) is 6.93. The van der Waals surface area contributed by atoms with Gasteiger partial charge in [0.15, 0.2) is 5.82 Å². The lowest BCUT2D eigenvalue weighted by molar-refractivity contribution is 0.425. The summed E-state index contributed by atoms with van der Waals surface area (Å²) in [6, 6.07) is 13.5. The zero-order chi connectivity index (χ0) is 22.0. The average molecular weight is 418 g/mol. The number of nitrogens with one attached hydrogen (secondary N) is 1. The lowest BCUT2D eigenvalue weighted by Gasteiger charge is -2.23. The second kappa shape index (κ2) is 9.01. The Hall–Kier alpha value is -3.01. The molecule has 1 aliphatic heterocycles. The van der Waals surface area contributed by atoms with Crippen LogP contribution in [-0.4, -0.2) is 38.4 Å². The van der Waals surface area contributed by atoms with Gasteiger partial charge in [-0.2, -0.15) is 4.98 Å². The quantitative estimate of drug-likeness (QED) is 0.424. The van der Waals surface area contributed by atoms with E-state index >= 15 is 0 Å². The minimum atomic E-state index is -1.49. The van der Waals surface area contributed by atoms with Gasteiger partial charge in [-0.05, 0) is 48.0 Å². The van der Waals surface area contributed by atoms with E-state index in [0.29, 0.717) is 36.7 Å². The van der Waals surface area contributed by atoms with Crippen LogP contribution in [0.4, 0.5) is 17.5 Å². The summed E-state index contributed by atoms with van der Waals surface area (Å²) in [7, 11) is -1.49. The molecule has 1 unspecified atom stereocenters. The summed E-state index contributed by atoms with van der Waals surface area (Å²) in [5.74, 6) is 1.23. The second-order valence-electron chi connectivity index (χ2n) is 7.78. The molecule has 0 amide bonds. The number of hydrogen-bond donors (Lipinski definition) is 4. The first kappa shape index (κ1) is 21.2. The predicted octanol–water partition coefficient (Wildman–Crippen LogP) is 1.27. The van der Waals surface area contributed by atoms with Crippen molar-refractivity contribution in [2.24, 2.45) is 5.73 Å². The van der Waals surface area contributed by atoms with Gasteiger partial charge in [0.05, 0.1) is 0 Å². The molecular formula is C22H27BN6O2. The van der Waals surface area contributed by atoms with Crippen LogP contribution in [0.25, 0.3) is 0 Å². The molecule has 1 atom stereocenters. The highest BCUT2D eigenvalue weighted by molar-refractivity contribution is 6.58. The number of benzene rings is 2. The van der Waals surface area contributed by atoms with Crippen molar-refractivity contribution >= 4 is 30.0 Å². The fourth-order valence-electron chi connectivity index (χ4n) is 4.07. The molecular weight excluding hydrogens is 391 g/mol. The lowest BCUT2D eigenvalue weighted by atomic mass is 9.80. The van der Waals surface area contributed by atoms with E-state index < -0.39 is 7.12 Å². The van der Waals surface area contributed by atoms with Crippen molar-refractivity contribution < 1.29 is 10.0 Å². The van der Waals surface area contributed by atoms with Crippen molar-refractivity contribution in [3.8, 4) is 0 Å². The highest BCUT2D eigenvalue weighted by Gasteiger charge is 2.31. The molecule has 160 valence electrons. The smallest absolute Gasteiger partial charge is 0.423 e. The van der Waals surface area contributed by atoms with E-state index in [9.17, 15) is 10.0 Å². The Morgan fingerprint density at radius 1 is 1.19 bits per heavy atom. The molecule has 0 bridgehead atoms. The average Bonchev–Trinajstić information content (AvgIpc) is 3.13. The van der Waals surface area contributed by atoms with Crippen LogP contribution in [0.5, 0.6) is 0 Å². The van der Waals surface area contributed by atoms with Crippen molar-refractivity contribution in [3.63, 3.8) is 0 Å². The number of nitrogens with two attached hydrogens (primary N) is 1. The first-order chi connectivity index (χ1) is 15.0. The van der Waals surface area contributed by atoms with Crippen molar-refractivity contribution in [3.05, 3.63) is 64.8 Å². The number of aromatic nitrogens is 3. The van der Waals surface area contributed by atoms with Crippen molar-refractivity contribution in [1.82, 2.24) is 15.2 Å². The van der Waals surface area contributed by atoms with Crippen molar-refractivity contribution in [2.75, 3.05) is 10.2 Å². The Morgan fingerprint density at radius 3 is 2.74 bits per heavy atom. The maximum absolute atomic E-state index is 9.41. The summed E-state index contributed by atoms with van der Waals surface area (Å²) < 4.78 is 0. The van der Waals surface area contributed by atoms with E-state index in [1.54, 1.807) is 18.2 Å². The molecule has 0 saturated heterocycles. The maximum Gasteiger partial charge on any atom is 0.488 e. The molecule has 1 aromatic heterocycles. The van der Waals surface area contributed by atoms with Crippen LogP contribution in [0, 0.1) is 0 Å². The normalized spacial score (nSPS) is 15.1. The molecule has 9 heteroatoms. The number of rotatable bonds is 7. The number of anilines is 3. The van der Waals surface area contributed by atoms with Gasteiger partial charge in [0, 0.05) is 24.8 Å². The van der Waals surface area contributed by atoms with Crippen LogP contribution in [0.1, 0.15) is 36.2 Å². The van der Waals surface area contributed by atoms with E-state index in [2.05, 4.69) is 39.5 Å². The van der Waals surface area contributed by atoms with E-state index in [1.165, 1.54) is 5.56 Å². The molecule has 5 N–H and O–H groups in total. The van der Waals surface area contributed by atoms with Gasteiger partial charge in [-0.15, -0.1) is 10.2 Å². The van der Waals surface area contributed by atoms with Crippen LogP contribution in [0.3, 0.4) is 0 Å². The van der Waals surface area contributed by atoms with Gasteiger partial charge in [-0.3, -0.25) is 0 Å². The molecule has 2 aromatic carbocycles. The Labute approximate surface area is 182 Å². The standard InChI is InChI=1S/C22H27BN6O2/c1-3-19-21(25-13-15-6-4-8-17(11-15)23(30)31)26-22(28-27-19)29-14(2)10-18-16(12-24)7-5-9-20(18)29/h4-9,11,14,30-31H,3,10,12-13,24H2,1-2H3,(H,25,26,28). The highest BCUT2D eigenvalue weighted by Crippen LogP contribution is 2.38. The van der Waals surface area contributed by atoms with Crippen LogP contribution in [-0.2, 0) is 25.9 Å². The SMILES string of the molecule is CCc1nnc(N2c3cccc(CN)c3CC2C)nc1NCc1cccc(B(O)O)c1. The first-order valence-electron chi connectivity index (χ1n) is 10.5. The molecule has 2 heterocycles. The zero-order valence-electron chi connectivity index (χ0n) is 17.8. The van der Waals surface area contributed by atoms with Gasteiger partial charge in [-0.1, -0.05) is 43.3 Å². The van der Waals surface area contributed by atoms with Gasteiger partial charge in [0.1, 0.15) is 5.69 Å². The zero-order valence-corrected chi connectivity index (χ0v) is 17.8. The summed E-state index contributed by atoms with van der Waals surface area (Å²) >= 11 is 0. The van der Waals surface area contributed by atoms with Crippen LogP contribution in [0.15, 0.2) is 42.5 Å². The Morgan fingerprint density at radius 2 is 2.00 bits per heavy atom. The van der Waals surface area contributed by atoms with Gasteiger partial charge >= 0.3 is 7.12 Å². The summed E-state index contributed by atoms with van der Waals surface area (Å²) in [6.45, 7) is 5.15. The molecule has 0 saturated carbocycles. The third-order valence-electron chi connectivity index (χ3n) is 5.67. The molecule has 0 spiro atoms. The van der Waals surface area contributed by atoms with Crippen LogP contribution < -0.4 is 21.4 Å². The molecule has 0 radical (unpaired) electrons. The maximum atomic E-state index is 9.41. The molecule has 4 rings (SSSR count). The predicted molar refractivity (Wildman–Crippen MR) is 122 cm³/mol. The molecule has 0 aliphatic carbocycles. The summed E-state index contributed by atoms with van der Waals surface area (Å²) in [6.07, 6.45) is 1.59. The number of aryl methyl sites for hydroxylation is 1. The summed E-state index contributed by atoms with van der Waals surface area (Å²) in [5, 5.41) is 31.0. The molecule has 8 nitrogen and oxygen atoms in total. The van der Waals surface area contributed by atoms with E-state index in [0.717, 1.165) is 28.9 Å². The Balaban J connectivity index is 1.62.